The minimum atomic E-state index is -0.173. The molecule has 0 radical (unpaired) electrons. The molecule has 1 heterocycles. The van der Waals surface area contributed by atoms with E-state index in [-0.39, 0.29) is 5.78 Å². The van der Waals surface area contributed by atoms with Gasteiger partial charge in [-0.05, 0) is 36.4 Å². The summed E-state index contributed by atoms with van der Waals surface area (Å²) in [6.07, 6.45) is 3.11. The van der Waals surface area contributed by atoms with E-state index in [1.807, 2.05) is 24.3 Å². The van der Waals surface area contributed by atoms with Gasteiger partial charge in [0.2, 0.25) is 5.78 Å². The summed E-state index contributed by atoms with van der Waals surface area (Å²) < 4.78 is 5.10. The first-order chi connectivity index (χ1) is 11.2. The molecule has 2 aromatic carbocycles. The van der Waals surface area contributed by atoms with Crippen LogP contribution in [-0.2, 0) is 0 Å². The number of carbonyl (C=O) groups excluding carboxylic acids is 1. The van der Waals surface area contributed by atoms with E-state index < -0.39 is 0 Å². The van der Waals surface area contributed by atoms with Crippen molar-refractivity contribution >= 4 is 18.4 Å². The third-order valence-electron chi connectivity index (χ3n) is 3.38. The van der Waals surface area contributed by atoms with Gasteiger partial charge < -0.3 is 4.74 Å². The molecule has 5 heteroatoms. The summed E-state index contributed by atoms with van der Waals surface area (Å²) in [5, 5.41) is 0. The number of thiol groups is 1. The Balaban J connectivity index is 1.92. The van der Waals surface area contributed by atoms with E-state index in [1.165, 1.54) is 6.20 Å². The van der Waals surface area contributed by atoms with Gasteiger partial charge in [-0.1, -0.05) is 12.1 Å². The van der Waals surface area contributed by atoms with E-state index in [0.29, 0.717) is 22.7 Å². The number of benzene rings is 2. The summed E-state index contributed by atoms with van der Waals surface area (Å²) in [6.45, 7) is 0. The Morgan fingerprint density at radius 1 is 1.00 bits per heavy atom. The zero-order chi connectivity index (χ0) is 16.2. The molecule has 114 valence electrons. The SMILES string of the molecule is COc1ccc(C(=O)c2cncc(-c3ccc(S)cc3)n2)cc1. The number of ketones is 1. The molecule has 0 saturated carbocycles. The molecule has 0 spiro atoms. The second kappa shape index (κ2) is 6.62. The minimum Gasteiger partial charge on any atom is -0.497 e. The Labute approximate surface area is 139 Å². The summed E-state index contributed by atoms with van der Waals surface area (Å²) in [5.74, 6) is 0.529. The topological polar surface area (TPSA) is 52.1 Å². The van der Waals surface area contributed by atoms with E-state index in [4.69, 9.17) is 4.74 Å². The Kier molecular flexibility index (Phi) is 4.39. The van der Waals surface area contributed by atoms with Crippen LogP contribution in [0.5, 0.6) is 5.75 Å². The van der Waals surface area contributed by atoms with Crippen LogP contribution in [-0.4, -0.2) is 22.9 Å². The maximum absolute atomic E-state index is 12.5. The summed E-state index contributed by atoms with van der Waals surface area (Å²) >= 11 is 4.26. The number of nitrogens with zero attached hydrogens (tertiary/aromatic N) is 2. The number of hydrogen-bond donors (Lipinski definition) is 1. The molecule has 0 N–H and O–H groups in total. The maximum atomic E-state index is 12.5. The number of aromatic nitrogens is 2. The lowest BCUT2D eigenvalue weighted by atomic mass is 10.1. The monoisotopic (exact) mass is 322 g/mol. The van der Waals surface area contributed by atoms with Gasteiger partial charge in [-0.25, -0.2) is 4.98 Å². The van der Waals surface area contributed by atoms with Crippen molar-refractivity contribution < 1.29 is 9.53 Å². The molecule has 3 rings (SSSR count). The van der Waals surface area contributed by atoms with Crippen LogP contribution in [0.25, 0.3) is 11.3 Å². The van der Waals surface area contributed by atoms with Crippen LogP contribution in [0.4, 0.5) is 0 Å². The van der Waals surface area contributed by atoms with Crippen molar-refractivity contribution in [2.45, 2.75) is 4.90 Å². The molecular weight excluding hydrogens is 308 g/mol. The van der Waals surface area contributed by atoms with Gasteiger partial charge in [0.15, 0.2) is 0 Å². The minimum absolute atomic E-state index is 0.173. The molecule has 0 aliphatic rings. The third-order valence-corrected chi connectivity index (χ3v) is 3.68. The summed E-state index contributed by atoms with van der Waals surface area (Å²) in [7, 11) is 1.59. The lowest BCUT2D eigenvalue weighted by molar-refractivity contribution is 0.103. The normalized spacial score (nSPS) is 10.3. The zero-order valence-corrected chi connectivity index (χ0v) is 13.3. The number of rotatable bonds is 4. The molecule has 0 amide bonds. The second-order valence-electron chi connectivity index (χ2n) is 4.89. The van der Waals surface area contributed by atoms with Gasteiger partial charge in [0.05, 0.1) is 25.2 Å². The molecule has 0 bridgehead atoms. The molecule has 0 atom stereocenters. The van der Waals surface area contributed by atoms with Gasteiger partial charge in [-0.15, -0.1) is 12.6 Å². The predicted octanol–water partition coefficient (Wildman–Crippen LogP) is 3.67. The zero-order valence-electron chi connectivity index (χ0n) is 12.4. The van der Waals surface area contributed by atoms with Gasteiger partial charge >= 0.3 is 0 Å². The molecule has 23 heavy (non-hydrogen) atoms. The van der Waals surface area contributed by atoms with Gasteiger partial charge in [0.1, 0.15) is 11.4 Å². The van der Waals surface area contributed by atoms with Crippen LogP contribution in [0, 0.1) is 0 Å². The highest BCUT2D eigenvalue weighted by Crippen LogP contribution is 2.20. The van der Waals surface area contributed by atoms with Gasteiger partial charge in [-0.2, -0.15) is 0 Å². The van der Waals surface area contributed by atoms with E-state index in [0.717, 1.165) is 10.5 Å². The van der Waals surface area contributed by atoms with Crippen LogP contribution in [0.2, 0.25) is 0 Å². The number of hydrogen-bond acceptors (Lipinski definition) is 5. The molecule has 0 saturated heterocycles. The molecule has 0 aliphatic heterocycles. The molecule has 3 aromatic rings. The Morgan fingerprint density at radius 2 is 1.70 bits per heavy atom. The standard InChI is InChI=1S/C18H14N2O2S/c1-22-14-6-2-13(3-7-14)18(21)17-11-19-10-16(20-17)12-4-8-15(23)9-5-12/h2-11,23H,1H3. The fourth-order valence-electron chi connectivity index (χ4n) is 2.14. The third kappa shape index (κ3) is 3.40. The van der Waals surface area contributed by atoms with Crippen LogP contribution in [0.3, 0.4) is 0 Å². The number of methoxy groups -OCH3 is 1. The highest BCUT2D eigenvalue weighted by atomic mass is 32.1. The summed E-state index contributed by atoms with van der Waals surface area (Å²) in [6, 6.07) is 14.5. The van der Waals surface area contributed by atoms with Crippen LogP contribution in [0.15, 0.2) is 65.8 Å². The Morgan fingerprint density at radius 3 is 2.35 bits per heavy atom. The van der Waals surface area contributed by atoms with E-state index in [9.17, 15) is 4.79 Å². The van der Waals surface area contributed by atoms with Crippen molar-refractivity contribution in [1.82, 2.24) is 9.97 Å². The van der Waals surface area contributed by atoms with E-state index in [1.54, 1.807) is 37.6 Å². The van der Waals surface area contributed by atoms with Gasteiger partial charge in [-0.3, -0.25) is 9.78 Å². The molecule has 4 nitrogen and oxygen atoms in total. The second-order valence-corrected chi connectivity index (χ2v) is 5.41. The van der Waals surface area contributed by atoms with Crippen LogP contribution in [0.1, 0.15) is 16.1 Å². The molecule has 0 unspecified atom stereocenters. The van der Waals surface area contributed by atoms with Crippen molar-refractivity contribution in [3.8, 4) is 17.0 Å². The van der Waals surface area contributed by atoms with E-state index >= 15 is 0 Å². The van der Waals surface area contributed by atoms with Crippen LogP contribution >= 0.6 is 12.6 Å². The molecule has 1 aromatic heterocycles. The summed E-state index contributed by atoms with van der Waals surface area (Å²) in [4.78, 5) is 22.0. The molecule has 0 aliphatic carbocycles. The van der Waals surface area contributed by atoms with Crippen molar-refractivity contribution in [2.24, 2.45) is 0 Å². The first-order valence-corrected chi connectivity index (χ1v) is 7.42. The average molecular weight is 322 g/mol. The van der Waals surface area contributed by atoms with Crippen molar-refractivity contribution in [1.29, 1.82) is 0 Å². The smallest absolute Gasteiger partial charge is 0.212 e. The fourth-order valence-corrected chi connectivity index (χ4v) is 2.29. The van der Waals surface area contributed by atoms with Crippen molar-refractivity contribution in [3.63, 3.8) is 0 Å². The van der Waals surface area contributed by atoms with Gasteiger partial charge in [0, 0.05) is 16.0 Å². The molecular formula is C18H14N2O2S. The van der Waals surface area contributed by atoms with Gasteiger partial charge in [0.25, 0.3) is 0 Å². The summed E-state index contributed by atoms with van der Waals surface area (Å²) in [5.41, 5.74) is 2.39. The largest absolute Gasteiger partial charge is 0.497 e. The Hall–Kier alpha value is -2.66. The fraction of sp³-hybridized carbons (Fsp3) is 0.0556. The average Bonchev–Trinajstić information content (AvgIpc) is 2.62. The lowest BCUT2D eigenvalue weighted by Crippen LogP contribution is -2.05. The number of ether oxygens (including phenoxy) is 1. The van der Waals surface area contributed by atoms with E-state index in [2.05, 4.69) is 22.6 Å². The first-order valence-electron chi connectivity index (χ1n) is 6.97. The lowest BCUT2D eigenvalue weighted by Gasteiger charge is -2.05. The number of carbonyl (C=O) groups is 1. The molecule has 0 fully saturated rings. The predicted molar refractivity (Wildman–Crippen MR) is 91.1 cm³/mol. The van der Waals surface area contributed by atoms with Crippen molar-refractivity contribution in [3.05, 3.63) is 72.2 Å². The van der Waals surface area contributed by atoms with Crippen molar-refractivity contribution in [2.75, 3.05) is 7.11 Å². The quantitative estimate of drug-likeness (QED) is 0.588. The highest BCUT2D eigenvalue weighted by molar-refractivity contribution is 7.80. The highest BCUT2D eigenvalue weighted by Gasteiger charge is 2.12. The maximum Gasteiger partial charge on any atom is 0.212 e. The Bertz CT molecular complexity index is 830. The van der Waals surface area contributed by atoms with Crippen LogP contribution < -0.4 is 4.74 Å². The first kappa shape index (κ1) is 15.2.